The number of halogens is 2. The Morgan fingerprint density at radius 2 is 1.06 bits per heavy atom. The topological polar surface area (TPSA) is 0 Å². The average Bonchev–Trinajstić information content (AvgIpc) is 3.73. The van der Waals surface area contributed by atoms with Gasteiger partial charge in [-0.1, -0.05) is 139 Å². The molecule has 0 saturated heterocycles. The number of hydrogen-bond acceptors (Lipinski definition) is 0. The summed E-state index contributed by atoms with van der Waals surface area (Å²) in [4.78, 5) is 0. The van der Waals surface area contributed by atoms with Gasteiger partial charge in [0.2, 0.25) is 0 Å². The summed E-state index contributed by atoms with van der Waals surface area (Å²) in [6.07, 6.45) is 6.96. The van der Waals surface area contributed by atoms with Crippen LogP contribution < -0.4 is 0 Å². The van der Waals surface area contributed by atoms with E-state index in [1.165, 1.54) is 92.6 Å². The summed E-state index contributed by atoms with van der Waals surface area (Å²) in [7, 11) is 11.0. The van der Waals surface area contributed by atoms with Crippen molar-refractivity contribution in [2.75, 3.05) is 0 Å². The van der Waals surface area contributed by atoms with Crippen LogP contribution in [-0.4, -0.2) is 9.52 Å². The molecule has 0 aromatic heterocycles. The van der Waals surface area contributed by atoms with Gasteiger partial charge in [0.1, 0.15) is 0 Å². The van der Waals surface area contributed by atoms with Gasteiger partial charge in [0.15, 0.2) is 0 Å². The van der Waals surface area contributed by atoms with Crippen LogP contribution in [0.25, 0.3) is 43.8 Å². The molecule has 7 rings (SSSR count). The van der Waals surface area contributed by atoms with Gasteiger partial charge in [0.25, 0.3) is 0 Å². The summed E-state index contributed by atoms with van der Waals surface area (Å²) in [5.41, 5.74) is 11.1. The van der Waals surface area contributed by atoms with Crippen molar-refractivity contribution < 1.29 is 20.8 Å². The molecule has 49 heavy (non-hydrogen) atoms. The van der Waals surface area contributed by atoms with Crippen LogP contribution >= 0.6 is 17.0 Å². The molecule has 0 bridgehead atoms. The van der Waals surface area contributed by atoms with Crippen LogP contribution in [0.5, 0.6) is 0 Å². The number of hydrogen-bond donors (Lipinski definition) is 0. The van der Waals surface area contributed by atoms with Gasteiger partial charge >= 0.3 is 37.9 Å². The molecule has 1 saturated carbocycles. The molecular formula is C45H52Cl2SiZr. The predicted octanol–water partition coefficient (Wildman–Crippen LogP) is 15.2. The van der Waals surface area contributed by atoms with Crippen LogP contribution in [0.2, 0.25) is 13.1 Å². The Hall–Kier alpha value is -2.22. The third-order valence-electron chi connectivity index (χ3n) is 9.52. The second-order valence-electron chi connectivity index (χ2n) is 13.9. The van der Waals surface area contributed by atoms with Gasteiger partial charge in [-0.05, 0) is 52.8 Å². The van der Waals surface area contributed by atoms with Crippen molar-refractivity contribution >= 4 is 48.1 Å². The summed E-state index contributed by atoms with van der Waals surface area (Å²) in [6, 6.07) is 40.9. The van der Waals surface area contributed by atoms with Crippen molar-refractivity contribution in [3.8, 4) is 22.3 Å². The van der Waals surface area contributed by atoms with Crippen molar-refractivity contribution in [2.45, 2.75) is 97.6 Å². The fraction of sp³-hybridized carbons (Fsp3) is 0.333. The fourth-order valence-corrected chi connectivity index (χ4v) is 6.91. The number of aryl methyl sites for hydroxylation is 1. The Balaban J connectivity index is 0.000000194. The van der Waals surface area contributed by atoms with Crippen molar-refractivity contribution in [1.82, 2.24) is 0 Å². The van der Waals surface area contributed by atoms with Crippen LogP contribution in [0, 0.1) is 6.92 Å². The minimum atomic E-state index is -0.826. The third-order valence-corrected chi connectivity index (χ3v) is 9.52. The van der Waals surface area contributed by atoms with Crippen molar-refractivity contribution in [1.29, 1.82) is 0 Å². The van der Waals surface area contributed by atoms with Crippen LogP contribution in [0.15, 0.2) is 109 Å². The Labute approximate surface area is 317 Å². The molecule has 6 aromatic carbocycles. The minimum absolute atomic E-state index is 0.589. The molecule has 2 radical (unpaired) electrons. The molecule has 0 spiro atoms. The Kier molecular flexibility index (Phi) is 16.1. The van der Waals surface area contributed by atoms with E-state index in [4.69, 9.17) is 17.0 Å². The van der Waals surface area contributed by atoms with Crippen molar-refractivity contribution in [2.24, 2.45) is 0 Å². The molecular weight excluding hydrogens is 731 g/mol. The molecule has 0 N–H and O–H groups in total. The number of fused-ring (bicyclic) bond motifs is 2. The first-order valence-electron chi connectivity index (χ1n) is 17.8. The van der Waals surface area contributed by atoms with E-state index in [0.29, 0.717) is 11.8 Å². The standard InChI is InChI=1S/C24H27.C19H19.C2H6Si.2ClH.Zr/c1-17(2)18-11-13-20(14-12-18)23-10-6-9-21-15-22(16-24(21)23)19-7-4-3-5-8-19;1-13(2)15-7-9-16(10-8-15)18-6-4-5-17-11-14(3)12-19(17)18;1-3-2;;;/h6,9-17,19H,3-5,7-8H2,1-2H3;4-13H,1-3H3;1-2H3;2*1H;/q2*-1;;;;+4/p-2. The molecule has 0 amide bonds. The first-order chi connectivity index (χ1) is 23.7. The van der Waals surface area contributed by atoms with Gasteiger partial charge in [0.05, 0.1) is 0 Å². The van der Waals surface area contributed by atoms with Gasteiger partial charge in [-0.3, -0.25) is 0 Å². The zero-order chi connectivity index (χ0) is 35.3. The van der Waals surface area contributed by atoms with Gasteiger partial charge in [-0.25, -0.2) is 0 Å². The molecule has 1 fully saturated rings. The predicted molar refractivity (Wildman–Crippen MR) is 218 cm³/mol. The molecule has 0 unspecified atom stereocenters. The van der Waals surface area contributed by atoms with Crippen molar-refractivity contribution in [3.05, 3.63) is 131 Å². The van der Waals surface area contributed by atoms with E-state index in [1.54, 1.807) is 5.56 Å². The summed E-state index contributed by atoms with van der Waals surface area (Å²) in [5, 5.41) is 5.52. The van der Waals surface area contributed by atoms with Crippen LogP contribution in [-0.2, 0) is 20.8 Å². The molecule has 1 aliphatic rings. The summed E-state index contributed by atoms with van der Waals surface area (Å²) >= 11 is -0.826. The third kappa shape index (κ3) is 10.9. The molecule has 0 nitrogen and oxygen atoms in total. The van der Waals surface area contributed by atoms with E-state index in [-0.39, 0.29) is 0 Å². The Morgan fingerprint density at radius 1 is 0.633 bits per heavy atom. The zero-order valence-electron chi connectivity index (χ0n) is 30.4. The summed E-state index contributed by atoms with van der Waals surface area (Å²) in [6.45, 7) is 15.4. The van der Waals surface area contributed by atoms with Crippen LogP contribution in [0.1, 0.15) is 99.8 Å². The molecule has 254 valence electrons. The van der Waals surface area contributed by atoms with Gasteiger partial charge in [0, 0.05) is 9.52 Å². The average molecular weight is 783 g/mol. The van der Waals surface area contributed by atoms with E-state index in [2.05, 4.69) is 157 Å². The molecule has 1 aliphatic carbocycles. The number of benzene rings is 4. The maximum absolute atomic E-state index is 4.93. The quantitative estimate of drug-likeness (QED) is 0.121. The van der Waals surface area contributed by atoms with E-state index in [9.17, 15) is 0 Å². The van der Waals surface area contributed by atoms with Gasteiger partial charge in [-0.15, -0.1) is 69.1 Å². The SMILES string of the molecule is CC(C)c1ccc(-c2cccc3[cH-]c(C4CCCCC4)cc23)cc1.C[Si]C.Cc1cc2c(-c3ccc(C(C)C)cc3)cccc2[cH-]1.[Cl][Zr+2][Cl]. The maximum atomic E-state index is 4.93. The molecule has 0 heterocycles. The number of rotatable bonds is 5. The summed E-state index contributed by atoms with van der Waals surface area (Å²) < 4.78 is 0. The first-order valence-corrected chi connectivity index (χ1v) is 26.1. The van der Waals surface area contributed by atoms with Gasteiger partial charge < -0.3 is 0 Å². The van der Waals surface area contributed by atoms with E-state index in [0.717, 1.165) is 15.4 Å². The van der Waals surface area contributed by atoms with E-state index < -0.39 is 20.8 Å². The van der Waals surface area contributed by atoms with E-state index >= 15 is 0 Å². The molecule has 0 atom stereocenters. The first kappa shape index (κ1) is 39.6. The van der Waals surface area contributed by atoms with Crippen LogP contribution in [0.3, 0.4) is 0 Å². The van der Waals surface area contributed by atoms with Crippen LogP contribution in [0.4, 0.5) is 0 Å². The zero-order valence-corrected chi connectivity index (χ0v) is 35.4. The molecule has 6 aromatic rings. The Morgan fingerprint density at radius 3 is 1.51 bits per heavy atom. The second-order valence-corrected chi connectivity index (χ2v) is 18.6. The van der Waals surface area contributed by atoms with E-state index in [1.807, 2.05) is 0 Å². The Bertz CT molecular complexity index is 1840. The monoisotopic (exact) mass is 780 g/mol. The van der Waals surface area contributed by atoms with Crippen molar-refractivity contribution in [3.63, 3.8) is 0 Å². The molecule has 0 aliphatic heterocycles. The fourth-order valence-electron chi connectivity index (χ4n) is 6.91. The summed E-state index contributed by atoms with van der Waals surface area (Å²) in [5.74, 6) is 1.96. The normalized spacial score (nSPS) is 12.9. The molecule has 4 heteroatoms. The van der Waals surface area contributed by atoms with Gasteiger partial charge in [-0.2, -0.15) is 12.1 Å². The second kappa shape index (κ2) is 20.0.